The van der Waals surface area contributed by atoms with E-state index in [4.69, 9.17) is 4.74 Å². The van der Waals surface area contributed by atoms with Gasteiger partial charge in [0, 0.05) is 23.0 Å². The second-order valence-corrected chi connectivity index (χ2v) is 11.1. The fourth-order valence-corrected chi connectivity index (χ4v) is 5.32. The zero-order valence-corrected chi connectivity index (χ0v) is 19.3. The molecular formula is C25H32F3NO3. The van der Waals surface area contributed by atoms with Crippen molar-refractivity contribution in [3.8, 4) is 11.5 Å². The van der Waals surface area contributed by atoms with E-state index in [-0.39, 0.29) is 42.3 Å². The molecular weight excluding hydrogens is 419 g/mol. The highest BCUT2D eigenvalue weighted by molar-refractivity contribution is 5.94. The highest BCUT2D eigenvalue weighted by Crippen LogP contribution is 2.55. The lowest BCUT2D eigenvalue weighted by Gasteiger charge is -2.48. The van der Waals surface area contributed by atoms with Crippen LogP contribution in [0.25, 0.3) is 0 Å². The molecule has 2 N–H and O–H groups in total. The molecule has 4 nitrogen and oxygen atoms in total. The third-order valence-corrected chi connectivity index (χ3v) is 7.56. The number of hydrogen-bond donors (Lipinski definition) is 2. The van der Waals surface area contributed by atoms with Gasteiger partial charge in [-0.05, 0) is 69.1 Å². The summed E-state index contributed by atoms with van der Waals surface area (Å²) in [6.45, 7) is 10.1. The molecule has 7 heteroatoms. The molecule has 176 valence electrons. The van der Waals surface area contributed by atoms with Crippen molar-refractivity contribution in [1.29, 1.82) is 0 Å². The van der Waals surface area contributed by atoms with Gasteiger partial charge in [-0.3, -0.25) is 4.79 Å². The Morgan fingerprint density at radius 1 is 1.19 bits per heavy atom. The summed E-state index contributed by atoms with van der Waals surface area (Å²) in [7, 11) is 0. The molecule has 0 radical (unpaired) electrons. The van der Waals surface area contributed by atoms with Crippen LogP contribution in [0.5, 0.6) is 11.5 Å². The van der Waals surface area contributed by atoms with Crippen molar-refractivity contribution in [2.45, 2.75) is 95.4 Å². The Balaban J connectivity index is 1.66. The summed E-state index contributed by atoms with van der Waals surface area (Å²) in [6, 6.07) is 3.68. The number of fused-ring (bicyclic) bond motifs is 3. The zero-order chi connectivity index (χ0) is 23.7. The topological polar surface area (TPSA) is 58.6 Å². The Morgan fingerprint density at radius 2 is 1.84 bits per heavy atom. The minimum Gasteiger partial charge on any atom is -0.508 e. The van der Waals surface area contributed by atoms with Crippen LogP contribution in [0, 0.1) is 5.92 Å². The van der Waals surface area contributed by atoms with Crippen LogP contribution in [0.1, 0.15) is 83.8 Å². The number of nitrogens with one attached hydrogen (secondary N) is 1. The van der Waals surface area contributed by atoms with Crippen LogP contribution in [0.4, 0.5) is 13.2 Å². The molecule has 1 saturated carbocycles. The lowest BCUT2D eigenvalue weighted by molar-refractivity contribution is -0.218. The third kappa shape index (κ3) is 3.67. The number of halogens is 3. The van der Waals surface area contributed by atoms with E-state index in [1.165, 1.54) is 0 Å². The number of hydrogen-bond acceptors (Lipinski definition) is 3. The van der Waals surface area contributed by atoms with Crippen molar-refractivity contribution in [2.24, 2.45) is 5.92 Å². The van der Waals surface area contributed by atoms with E-state index in [1.54, 1.807) is 12.1 Å². The number of ether oxygens (including phenoxy) is 1. The Hall–Kier alpha value is -2.18. The number of rotatable bonds is 2. The number of aromatic hydroxyl groups is 1. The molecule has 0 spiro atoms. The summed E-state index contributed by atoms with van der Waals surface area (Å²) in [5.74, 6) is -0.161. The van der Waals surface area contributed by atoms with Gasteiger partial charge in [-0.1, -0.05) is 26.8 Å². The monoisotopic (exact) mass is 451 g/mol. The molecule has 1 aromatic rings. The fourth-order valence-electron chi connectivity index (χ4n) is 5.32. The van der Waals surface area contributed by atoms with E-state index in [9.17, 15) is 23.1 Å². The Morgan fingerprint density at radius 3 is 2.38 bits per heavy atom. The van der Waals surface area contributed by atoms with Gasteiger partial charge in [0.25, 0.3) is 0 Å². The first-order valence-corrected chi connectivity index (χ1v) is 11.3. The van der Waals surface area contributed by atoms with E-state index in [2.05, 4.69) is 5.32 Å². The number of benzene rings is 1. The third-order valence-electron chi connectivity index (χ3n) is 7.56. The number of amides is 1. The number of allylic oxidation sites excluding steroid dienone is 1. The molecule has 2 unspecified atom stereocenters. The van der Waals surface area contributed by atoms with Gasteiger partial charge in [0.05, 0.1) is 0 Å². The summed E-state index contributed by atoms with van der Waals surface area (Å²) in [4.78, 5) is 12.9. The summed E-state index contributed by atoms with van der Waals surface area (Å²) >= 11 is 0. The van der Waals surface area contributed by atoms with E-state index < -0.39 is 23.2 Å². The van der Waals surface area contributed by atoms with Gasteiger partial charge in [0.1, 0.15) is 22.6 Å². The first-order chi connectivity index (χ1) is 14.6. The van der Waals surface area contributed by atoms with Gasteiger partial charge < -0.3 is 15.2 Å². The maximum atomic E-state index is 13.6. The van der Waals surface area contributed by atoms with Crippen molar-refractivity contribution in [3.05, 3.63) is 34.9 Å². The maximum Gasteiger partial charge on any atom is 0.411 e. The molecule has 3 aliphatic rings. The van der Waals surface area contributed by atoms with E-state index in [0.29, 0.717) is 29.7 Å². The number of phenols is 1. The molecule has 32 heavy (non-hydrogen) atoms. The molecule has 2 aliphatic carbocycles. The average molecular weight is 452 g/mol. The standard InChI is InChI=1S/C25H32F3NO3/c1-22(2,3)15-12-18(30)20-16-11-14(7-8-17(16)23(4,5)32-19(20)13-15)21(31)29-24(9-6-10-24)25(26,27)28/h7,12-13,16-17,30H,6,8-11H2,1-5H3,(H,29,31). The van der Waals surface area contributed by atoms with Crippen molar-refractivity contribution in [2.75, 3.05) is 0 Å². The molecule has 2 atom stereocenters. The van der Waals surface area contributed by atoms with Crippen molar-refractivity contribution in [1.82, 2.24) is 5.32 Å². The largest absolute Gasteiger partial charge is 0.508 e. The second-order valence-electron chi connectivity index (χ2n) is 11.1. The van der Waals surface area contributed by atoms with Crippen LogP contribution >= 0.6 is 0 Å². The minimum absolute atomic E-state index is 0.00165. The SMILES string of the molecule is CC(C)(C)c1cc(O)c2c(c1)OC(C)(C)C1CC=C(C(=O)NC3(C(F)(F)F)CCC3)CC21. The fraction of sp³-hybridized carbons (Fsp3) is 0.640. The highest BCUT2D eigenvalue weighted by atomic mass is 19.4. The molecule has 1 aromatic carbocycles. The Bertz CT molecular complexity index is 968. The molecule has 0 bridgehead atoms. The predicted octanol–water partition coefficient (Wildman–Crippen LogP) is 5.88. The average Bonchev–Trinajstić information content (AvgIpc) is 2.61. The summed E-state index contributed by atoms with van der Waals surface area (Å²) in [5.41, 5.74) is -0.911. The van der Waals surface area contributed by atoms with Gasteiger partial charge in [-0.25, -0.2) is 0 Å². The molecule has 4 rings (SSSR count). The van der Waals surface area contributed by atoms with Crippen LogP contribution in [0.15, 0.2) is 23.8 Å². The van der Waals surface area contributed by atoms with Crippen molar-refractivity contribution >= 4 is 5.91 Å². The first kappa shape index (κ1) is 23.0. The van der Waals surface area contributed by atoms with Crippen LogP contribution < -0.4 is 10.1 Å². The number of phenolic OH excluding ortho intramolecular Hbond substituents is 1. The van der Waals surface area contributed by atoms with Crippen LogP contribution in [-0.4, -0.2) is 28.3 Å². The Kier molecular flexibility index (Phi) is 5.14. The van der Waals surface area contributed by atoms with Gasteiger partial charge in [0.2, 0.25) is 5.91 Å². The minimum atomic E-state index is -4.46. The van der Waals surface area contributed by atoms with Gasteiger partial charge in [0.15, 0.2) is 0 Å². The normalized spacial score (nSPS) is 26.1. The lowest BCUT2D eigenvalue weighted by atomic mass is 9.66. The van der Waals surface area contributed by atoms with Crippen LogP contribution in [-0.2, 0) is 10.2 Å². The smallest absolute Gasteiger partial charge is 0.411 e. The molecule has 0 aromatic heterocycles. The molecule has 1 heterocycles. The molecule has 0 saturated heterocycles. The van der Waals surface area contributed by atoms with E-state index >= 15 is 0 Å². The lowest BCUT2D eigenvalue weighted by Crippen LogP contribution is -2.63. The number of carbonyl (C=O) groups is 1. The quantitative estimate of drug-likeness (QED) is 0.590. The number of alkyl halides is 3. The van der Waals surface area contributed by atoms with Gasteiger partial charge in [-0.2, -0.15) is 13.2 Å². The van der Waals surface area contributed by atoms with E-state index in [0.717, 1.165) is 5.56 Å². The van der Waals surface area contributed by atoms with Gasteiger partial charge >= 0.3 is 6.18 Å². The summed E-state index contributed by atoms with van der Waals surface area (Å²) in [5, 5.41) is 13.2. The summed E-state index contributed by atoms with van der Waals surface area (Å²) in [6.07, 6.45) is -1.66. The van der Waals surface area contributed by atoms with Crippen molar-refractivity contribution in [3.63, 3.8) is 0 Å². The number of carbonyl (C=O) groups excluding carboxylic acids is 1. The molecule has 1 amide bonds. The Labute approximate surface area is 187 Å². The van der Waals surface area contributed by atoms with Crippen LogP contribution in [0.2, 0.25) is 0 Å². The van der Waals surface area contributed by atoms with Gasteiger partial charge in [-0.15, -0.1) is 0 Å². The highest BCUT2D eigenvalue weighted by Gasteiger charge is 2.59. The first-order valence-electron chi connectivity index (χ1n) is 11.3. The maximum absolute atomic E-state index is 13.6. The van der Waals surface area contributed by atoms with E-state index in [1.807, 2.05) is 40.7 Å². The molecule has 1 aliphatic heterocycles. The zero-order valence-electron chi connectivity index (χ0n) is 19.3. The summed E-state index contributed by atoms with van der Waals surface area (Å²) < 4.78 is 47.0. The second kappa shape index (κ2) is 7.16. The van der Waals surface area contributed by atoms with Crippen molar-refractivity contribution < 1.29 is 27.8 Å². The predicted molar refractivity (Wildman–Crippen MR) is 116 cm³/mol. The molecule has 1 fully saturated rings. The van der Waals surface area contributed by atoms with Crippen LogP contribution in [0.3, 0.4) is 0 Å².